The Hall–Kier alpha value is -6.13. The Bertz CT molecular complexity index is 2310. The second kappa shape index (κ2) is 32.8. The summed E-state index contributed by atoms with van der Waals surface area (Å²) in [6.45, 7) is 28.3. The number of amides is 11. The Morgan fingerprint density at radius 2 is 1.13 bits per heavy atom. The van der Waals surface area contributed by atoms with E-state index in [-0.39, 0.29) is 31.1 Å². The van der Waals surface area contributed by atoms with Crippen molar-refractivity contribution in [1.29, 1.82) is 0 Å². The fourth-order valence-corrected chi connectivity index (χ4v) is 10.5. The summed E-state index contributed by atoms with van der Waals surface area (Å²) in [7, 11) is 9.96. The quantitative estimate of drug-likeness (QED) is 0.177. The first-order chi connectivity index (χ1) is 38.2. The number of aliphatic hydroxyl groups is 1. The molecule has 13 atom stereocenters. The minimum atomic E-state index is -2.07. The monoisotopic (exact) mass is 1170 g/mol. The molecule has 23 heteroatoms. The number of rotatable bonds is 12. The molecule has 0 aromatic carbocycles. The zero-order valence-electron chi connectivity index (χ0n) is 54.7. The number of hydrogen-bond acceptors (Lipinski definition) is 12. The van der Waals surface area contributed by atoms with Gasteiger partial charge in [-0.15, -0.1) is 0 Å². The summed E-state index contributed by atoms with van der Waals surface area (Å²) in [5.74, 6) is -9.86. The Morgan fingerprint density at radius 3 is 1.61 bits per heavy atom. The number of carbonyl (C=O) groups excluding carboxylic acids is 11. The normalized spacial score (nSPS) is 28.6. The summed E-state index contributed by atoms with van der Waals surface area (Å²) in [6, 6.07) is -10.2. The van der Waals surface area contributed by atoms with Gasteiger partial charge in [0.05, 0.1) is 12.6 Å². The lowest BCUT2D eigenvalue weighted by Gasteiger charge is -2.46. The molecule has 0 aromatic heterocycles. The minimum Gasteiger partial charge on any atom is -0.390 e. The topological polar surface area (TPSA) is 279 Å². The van der Waals surface area contributed by atoms with Crippen LogP contribution in [0.1, 0.15) is 150 Å². The average molecular weight is 1170 g/mol. The lowest BCUT2D eigenvalue weighted by atomic mass is 9.81. The van der Waals surface area contributed by atoms with Crippen LogP contribution < -0.4 is 21.3 Å². The van der Waals surface area contributed by atoms with Crippen LogP contribution >= 0.6 is 0 Å². The highest BCUT2D eigenvalue weighted by Crippen LogP contribution is 2.30. The largest absolute Gasteiger partial charge is 0.390 e. The molecule has 23 nitrogen and oxygen atoms in total. The molecule has 1 heterocycles. The van der Waals surface area contributed by atoms with Crippen LogP contribution in [0.25, 0.3) is 0 Å². The van der Waals surface area contributed by atoms with Crippen molar-refractivity contribution < 1.29 is 57.8 Å². The van der Waals surface area contributed by atoms with Crippen molar-refractivity contribution in [2.45, 2.75) is 216 Å². The summed E-state index contributed by atoms with van der Waals surface area (Å²) < 4.78 is 0. The summed E-state index contributed by atoms with van der Waals surface area (Å²) >= 11 is 0. The fourth-order valence-electron chi connectivity index (χ4n) is 10.5. The van der Waals surface area contributed by atoms with Gasteiger partial charge >= 0.3 is 0 Å². The van der Waals surface area contributed by atoms with Gasteiger partial charge in [0.2, 0.25) is 65.0 Å². The molecule has 1 fully saturated rings. The van der Waals surface area contributed by atoms with Gasteiger partial charge in [-0.25, -0.2) is 0 Å². The number of allylic oxidation sites excluding steroid dienone is 2. The molecule has 474 valence electrons. The molecule has 0 radical (unpaired) electrons. The number of nitrogens with zero attached hydrogens (tertiary/aromatic N) is 7. The molecule has 0 spiro atoms. The van der Waals surface area contributed by atoms with Gasteiger partial charge in [-0.3, -0.25) is 52.7 Å². The first kappa shape index (κ1) is 74.9. The molecular formula is C60H107N11O12. The number of nitrogens with one attached hydrogen (secondary N) is 4. The summed E-state index contributed by atoms with van der Waals surface area (Å²) in [6.07, 6.45) is 2.73. The van der Waals surface area contributed by atoms with Gasteiger partial charge in [0, 0.05) is 61.8 Å². The van der Waals surface area contributed by atoms with Crippen molar-refractivity contribution in [3.05, 3.63) is 12.2 Å². The van der Waals surface area contributed by atoms with E-state index in [9.17, 15) is 53.1 Å². The zero-order valence-corrected chi connectivity index (χ0v) is 54.7. The van der Waals surface area contributed by atoms with E-state index >= 15 is 4.79 Å². The molecule has 0 unspecified atom stereocenters. The summed E-state index contributed by atoms with van der Waals surface area (Å²) in [5.41, 5.74) is -2.07. The molecular weight excluding hydrogens is 1070 g/mol. The molecule has 0 bridgehead atoms. The van der Waals surface area contributed by atoms with Gasteiger partial charge in [0.25, 0.3) is 0 Å². The smallest absolute Gasteiger partial charge is 0.249 e. The van der Waals surface area contributed by atoms with Crippen LogP contribution in [0.15, 0.2) is 12.2 Å². The molecule has 83 heavy (non-hydrogen) atoms. The van der Waals surface area contributed by atoms with Gasteiger partial charge in [0.15, 0.2) is 0 Å². The summed E-state index contributed by atoms with van der Waals surface area (Å²) in [4.78, 5) is 167. The molecule has 0 saturated carbocycles. The molecule has 0 aromatic rings. The molecule has 1 aliphatic heterocycles. The number of aliphatic hydroxyl groups excluding tert-OH is 1. The maximum atomic E-state index is 15.1. The van der Waals surface area contributed by atoms with E-state index in [1.807, 2.05) is 40.7 Å². The Morgan fingerprint density at radius 1 is 0.590 bits per heavy atom. The van der Waals surface area contributed by atoms with Crippen molar-refractivity contribution in [1.82, 2.24) is 55.6 Å². The number of carbonyl (C=O) groups is 11. The second-order valence-electron chi connectivity index (χ2n) is 24.8. The van der Waals surface area contributed by atoms with Crippen molar-refractivity contribution in [2.24, 2.45) is 35.5 Å². The second-order valence-corrected chi connectivity index (χ2v) is 24.8. The van der Waals surface area contributed by atoms with Crippen LogP contribution in [-0.2, 0) is 52.7 Å². The Labute approximate surface area is 496 Å². The predicted octanol–water partition coefficient (Wildman–Crippen LogP) is 2.63. The van der Waals surface area contributed by atoms with Gasteiger partial charge in [0.1, 0.15) is 53.9 Å². The Balaban J connectivity index is 4.20. The maximum Gasteiger partial charge on any atom is 0.249 e. The number of hydrogen-bond donors (Lipinski definition) is 5. The van der Waals surface area contributed by atoms with Crippen LogP contribution in [0.3, 0.4) is 0 Å². The third kappa shape index (κ3) is 18.9. The third-order valence-corrected chi connectivity index (χ3v) is 16.9. The van der Waals surface area contributed by atoms with Crippen molar-refractivity contribution in [2.75, 3.05) is 55.9 Å². The molecule has 5 N–H and O–H groups in total. The highest BCUT2D eigenvalue weighted by molar-refractivity contribution is 5.99. The fraction of sp³-hybridized carbons (Fsp3) is 0.783. The Kier molecular flexibility index (Phi) is 29.6. The highest BCUT2D eigenvalue weighted by Gasteiger charge is 2.51. The zero-order chi connectivity index (χ0) is 64.6. The van der Waals surface area contributed by atoms with Crippen LogP contribution in [0.4, 0.5) is 0 Å². The van der Waals surface area contributed by atoms with Crippen LogP contribution in [-0.4, -0.2) is 226 Å². The molecule has 11 amide bonds. The summed E-state index contributed by atoms with van der Waals surface area (Å²) in [5, 5.41) is 23.2. The van der Waals surface area contributed by atoms with E-state index in [4.69, 9.17) is 0 Å². The van der Waals surface area contributed by atoms with Crippen LogP contribution in [0, 0.1) is 35.5 Å². The predicted molar refractivity (Wildman–Crippen MR) is 319 cm³/mol. The van der Waals surface area contributed by atoms with Crippen molar-refractivity contribution >= 4 is 65.0 Å². The lowest BCUT2D eigenvalue weighted by molar-refractivity contribution is -0.162. The van der Waals surface area contributed by atoms with Gasteiger partial charge in [-0.1, -0.05) is 102 Å². The lowest BCUT2D eigenvalue weighted by Crippen LogP contribution is -2.69. The van der Waals surface area contributed by atoms with E-state index in [1.165, 1.54) is 102 Å². The van der Waals surface area contributed by atoms with E-state index in [1.54, 1.807) is 61.5 Å². The third-order valence-electron chi connectivity index (χ3n) is 16.9. The van der Waals surface area contributed by atoms with E-state index in [0.717, 1.165) is 9.80 Å². The van der Waals surface area contributed by atoms with Crippen LogP contribution in [0.2, 0.25) is 0 Å². The average Bonchev–Trinajstić information content (AvgIpc) is 3.59. The highest BCUT2D eigenvalue weighted by atomic mass is 16.3. The maximum absolute atomic E-state index is 15.1. The minimum absolute atomic E-state index is 0.0201. The molecule has 0 aliphatic carbocycles. The van der Waals surface area contributed by atoms with Crippen molar-refractivity contribution in [3.8, 4) is 0 Å². The first-order valence-corrected chi connectivity index (χ1v) is 29.6. The van der Waals surface area contributed by atoms with E-state index in [0.29, 0.717) is 12.8 Å². The molecule has 1 aliphatic rings. The van der Waals surface area contributed by atoms with Crippen molar-refractivity contribution in [3.63, 3.8) is 0 Å². The van der Waals surface area contributed by atoms with Gasteiger partial charge in [-0.2, -0.15) is 0 Å². The molecule has 1 rings (SSSR count). The van der Waals surface area contributed by atoms with E-state index < -0.39 is 161 Å². The van der Waals surface area contributed by atoms with Crippen LogP contribution in [0.5, 0.6) is 0 Å². The first-order valence-electron chi connectivity index (χ1n) is 29.6. The van der Waals surface area contributed by atoms with E-state index in [2.05, 4.69) is 21.3 Å². The van der Waals surface area contributed by atoms with Gasteiger partial charge in [-0.05, 0) is 89.4 Å². The van der Waals surface area contributed by atoms with Gasteiger partial charge < -0.3 is 60.7 Å². The SMILES string of the molecule is C/C=C/C[C@@H](C)[C@@H](O)[C@@]1(C)C(=O)N[C@@H](CC)C(=O)N(C)CC(=O)N(C)[C@@H]([C@@H](C)CC)C(=O)N[C@@H](C(C)C)C(=O)N(C)[C@@H](CC(C)C)C(=O)N[C@@H](C)C(=O)N[C@H](C)C(=O)N(C)[C@@H](C)C(=O)N(C)[C@@H](C(C)C)CC(=O)N(C)[C@@H](C(C)C)C(=O)N1C. The number of likely N-dealkylation sites (N-methyl/N-ethyl adjacent to an activating group) is 7. The molecule has 1 saturated heterocycles. The standard InChI is InChI=1S/C60H107N11O12/c1-25-28-29-38(13)50(74)60(17)59(83)63-42(27-3)56(80)65(18)32-46(73)70(23)49(37(12)26-2)53(77)64-47(35(8)9)57(81)68(21)44(30-33(4)5)52(76)61-39(14)51(75)62-40(15)54(78)66(19)41(16)55(79)67(20)43(34(6)7)31-45(72)69(22)48(36(10)11)58(82)71(60)24/h25,28,33-44,47-50,74H,26-27,29-32H2,1-24H3,(H,61,76)(H,62,75)(H,63,83)(H,64,77)/b28-25+/t37-,38+,39-,40+,41-,42-,43+,44-,47-,48-,49-,50+,60-/m0/s1.